The van der Waals surface area contributed by atoms with Gasteiger partial charge in [0.2, 0.25) is 0 Å². The van der Waals surface area contributed by atoms with Crippen LogP contribution in [0.25, 0.3) is 0 Å². The van der Waals surface area contributed by atoms with Crippen molar-refractivity contribution in [3.8, 4) is 0 Å². The van der Waals surface area contributed by atoms with Gasteiger partial charge in [0.1, 0.15) is 0 Å². The third-order valence-electron chi connectivity index (χ3n) is 2.32. The Bertz CT molecular complexity index is 583. The van der Waals surface area contributed by atoms with E-state index in [0.29, 0.717) is 16.8 Å². The maximum Gasteiger partial charge on any atom is 0.194 e. The number of hydrogen-bond acceptors (Lipinski definition) is 2. The van der Waals surface area contributed by atoms with Crippen molar-refractivity contribution in [1.82, 2.24) is 0 Å². The van der Waals surface area contributed by atoms with Crippen molar-refractivity contribution >= 4 is 50.0 Å². The van der Waals surface area contributed by atoms with Gasteiger partial charge >= 0.3 is 0 Å². The van der Waals surface area contributed by atoms with Crippen LogP contribution in [-0.4, -0.2) is 5.78 Å². The van der Waals surface area contributed by atoms with Crippen LogP contribution in [0.1, 0.15) is 15.9 Å². The molecule has 86 valence electrons. The lowest BCUT2D eigenvalue weighted by Gasteiger charge is -2.05. The van der Waals surface area contributed by atoms with Gasteiger partial charge in [-0.1, -0.05) is 12.1 Å². The Balaban J connectivity index is 2.44. The molecule has 0 amide bonds. The minimum Gasteiger partial charge on any atom is -0.399 e. The summed E-state index contributed by atoms with van der Waals surface area (Å²) in [7, 11) is 0. The predicted molar refractivity (Wildman–Crippen MR) is 81.1 cm³/mol. The number of nitrogen functional groups attached to an aromatic ring is 1. The first kappa shape index (κ1) is 12.6. The summed E-state index contributed by atoms with van der Waals surface area (Å²) < 4.78 is 1.77. The van der Waals surface area contributed by atoms with Crippen LogP contribution in [0, 0.1) is 3.57 Å². The third kappa shape index (κ3) is 2.87. The number of nitrogens with two attached hydrogens (primary N) is 1. The molecule has 0 aliphatic rings. The molecule has 2 N–H and O–H groups in total. The van der Waals surface area contributed by atoms with Crippen LogP contribution in [0.5, 0.6) is 0 Å². The van der Waals surface area contributed by atoms with Crippen LogP contribution in [0.4, 0.5) is 5.69 Å². The zero-order chi connectivity index (χ0) is 12.4. The average molecular weight is 402 g/mol. The minimum absolute atomic E-state index is 0.00427. The van der Waals surface area contributed by atoms with E-state index in [2.05, 4.69) is 38.5 Å². The quantitative estimate of drug-likeness (QED) is 0.471. The van der Waals surface area contributed by atoms with Gasteiger partial charge in [0, 0.05) is 24.9 Å². The molecule has 0 saturated carbocycles. The van der Waals surface area contributed by atoms with Crippen molar-refractivity contribution < 1.29 is 4.79 Å². The molecule has 0 saturated heterocycles. The molecule has 2 aromatic carbocycles. The van der Waals surface area contributed by atoms with Gasteiger partial charge in [-0.2, -0.15) is 0 Å². The van der Waals surface area contributed by atoms with Gasteiger partial charge in [-0.05, 0) is 68.9 Å². The van der Waals surface area contributed by atoms with Crippen LogP contribution in [0.15, 0.2) is 46.9 Å². The first-order valence-corrected chi connectivity index (χ1v) is 6.80. The van der Waals surface area contributed by atoms with Gasteiger partial charge in [-0.15, -0.1) is 0 Å². The molecule has 0 radical (unpaired) electrons. The molecule has 2 nitrogen and oxygen atoms in total. The molecule has 0 heterocycles. The summed E-state index contributed by atoms with van der Waals surface area (Å²) in [6.45, 7) is 0. The van der Waals surface area contributed by atoms with Crippen molar-refractivity contribution in [1.29, 1.82) is 0 Å². The lowest BCUT2D eigenvalue weighted by molar-refractivity contribution is 0.103. The SMILES string of the molecule is Nc1ccc(C(=O)c2cccc(I)c2)c(Br)c1. The first-order valence-electron chi connectivity index (χ1n) is 4.93. The van der Waals surface area contributed by atoms with Crippen molar-refractivity contribution in [2.24, 2.45) is 0 Å². The van der Waals surface area contributed by atoms with E-state index in [4.69, 9.17) is 5.73 Å². The second-order valence-electron chi connectivity index (χ2n) is 3.58. The highest BCUT2D eigenvalue weighted by Gasteiger charge is 2.12. The number of carbonyl (C=O) groups is 1. The molecule has 0 aromatic heterocycles. The summed E-state index contributed by atoms with van der Waals surface area (Å²) in [6.07, 6.45) is 0. The number of ketones is 1. The summed E-state index contributed by atoms with van der Waals surface area (Å²) in [4.78, 5) is 12.3. The van der Waals surface area contributed by atoms with Gasteiger partial charge in [0.05, 0.1) is 0 Å². The van der Waals surface area contributed by atoms with Crippen LogP contribution >= 0.6 is 38.5 Å². The Morgan fingerprint density at radius 3 is 2.59 bits per heavy atom. The smallest absolute Gasteiger partial charge is 0.194 e. The lowest BCUT2D eigenvalue weighted by atomic mass is 10.0. The fraction of sp³-hybridized carbons (Fsp3) is 0. The van der Waals surface area contributed by atoms with E-state index >= 15 is 0 Å². The minimum atomic E-state index is -0.00427. The van der Waals surface area contributed by atoms with E-state index < -0.39 is 0 Å². The Kier molecular flexibility index (Phi) is 3.83. The largest absolute Gasteiger partial charge is 0.399 e. The molecule has 2 aromatic rings. The monoisotopic (exact) mass is 401 g/mol. The number of hydrogen-bond donors (Lipinski definition) is 1. The Hall–Kier alpha value is -0.880. The molecular weight excluding hydrogens is 393 g/mol. The van der Waals surface area contributed by atoms with Crippen molar-refractivity contribution in [2.75, 3.05) is 5.73 Å². The maximum absolute atomic E-state index is 12.3. The molecule has 0 aliphatic carbocycles. The van der Waals surface area contributed by atoms with E-state index in [0.717, 1.165) is 8.04 Å². The molecule has 0 spiro atoms. The highest BCUT2D eigenvalue weighted by molar-refractivity contribution is 14.1. The Morgan fingerprint density at radius 2 is 1.94 bits per heavy atom. The number of rotatable bonds is 2. The topological polar surface area (TPSA) is 43.1 Å². The molecule has 0 fully saturated rings. The molecule has 0 atom stereocenters. The van der Waals surface area contributed by atoms with E-state index in [1.54, 1.807) is 18.2 Å². The molecular formula is C13H9BrINO. The van der Waals surface area contributed by atoms with Crippen molar-refractivity contribution in [3.63, 3.8) is 0 Å². The standard InChI is InChI=1S/C13H9BrINO/c14-12-7-10(16)4-5-11(12)13(17)8-2-1-3-9(15)6-8/h1-7H,16H2. The van der Waals surface area contributed by atoms with Gasteiger partial charge in [0.25, 0.3) is 0 Å². The molecule has 0 aliphatic heterocycles. The second kappa shape index (κ2) is 5.18. The summed E-state index contributed by atoms with van der Waals surface area (Å²) in [5, 5.41) is 0. The van der Waals surface area contributed by atoms with E-state index in [-0.39, 0.29) is 5.78 Å². The van der Waals surface area contributed by atoms with Crippen LogP contribution in [0.3, 0.4) is 0 Å². The van der Waals surface area contributed by atoms with Crippen LogP contribution in [-0.2, 0) is 0 Å². The fourth-order valence-corrected chi connectivity index (χ4v) is 2.62. The van der Waals surface area contributed by atoms with E-state index in [9.17, 15) is 4.79 Å². The number of halogens is 2. The van der Waals surface area contributed by atoms with Gasteiger partial charge < -0.3 is 5.73 Å². The third-order valence-corrected chi connectivity index (χ3v) is 3.65. The molecule has 4 heteroatoms. The summed E-state index contributed by atoms with van der Waals surface area (Å²) in [5.74, 6) is -0.00427. The highest BCUT2D eigenvalue weighted by Crippen LogP contribution is 2.23. The number of benzene rings is 2. The van der Waals surface area contributed by atoms with Gasteiger partial charge in [-0.25, -0.2) is 0 Å². The van der Waals surface area contributed by atoms with E-state index in [1.165, 1.54) is 0 Å². The molecule has 2 rings (SSSR count). The second-order valence-corrected chi connectivity index (χ2v) is 5.68. The predicted octanol–water partition coefficient (Wildman–Crippen LogP) is 3.87. The first-order chi connectivity index (χ1) is 8.08. The Labute approximate surface area is 121 Å². The Morgan fingerprint density at radius 1 is 1.18 bits per heavy atom. The molecule has 17 heavy (non-hydrogen) atoms. The number of anilines is 1. The van der Waals surface area contributed by atoms with Crippen LogP contribution < -0.4 is 5.73 Å². The number of carbonyl (C=O) groups excluding carboxylic acids is 1. The summed E-state index contributed by atoms with van der Waals surface area (Å²) >= 11 is 5.55. The van der Waals surface area contributed by atoms with Gasteiger partial charge in [0.15, 0.2) is 5.78 Å². The average Bonchev–Trinajstić information content (AvgIpc) is 2.28. The summed E-state index contributed by atoms with van der Waals surface area (Å²) in [5.41, 5.74) is 7.59. The maximum atomic E-state index is 12.3. The normalized spacial score (nSPS) is 10.2. The van der Waals surface area contributed by atoms with Crippen molar-refractivity contribution in [3.05, 3.63) is 61.6 Å². The van der Waals surface area contributed by atoms with Crippen molar-refractivity contribution in [2.45, 2.75) is 0 Å². The zero-order valence-corrected chi connectivity index (χ0v) is 12.5. The molecule has 0 bridgehead atoms. The highest BCUT2D eigenvalue weighted by atomic mass is 127. The summed E-state index contributed by atoms with van der Waals surface area (Å²) in [6, 6.07) is 12.7. The lowest BCUT2D eigenvalue weighted by Crippen LogP contribution is -2.03. The van der Waals surface area contributed by atoms with Gasteiger partial charge in [-0.3, -0.25) is 4.79 Å². The molecule has 0 unspecified atom stereocenters. The van der Waals surface area contributed by atoms with E-state index in [1.807, 2.05) is 24.3 Å². The fourth-order valence-electron chi connectivity index (χ4n) is 1.50. The van der Waals surface area contributed by atoms with Crippen LogP contribution in [0.2, 0.25) is 0 Å². The zero-order valence-electron chi connectivity index (χ0n) is 8.78.